The molecular weight excluding hydrogens is 198 g/mol. The highest BCUT2D eigenvalue weighted by atomic mass is 16.2. The van der Waals surface area contributed by atoms with Gasteiger partial charge < -0.3 is 10.0 Å². The van der Waals surface area contributed by atoms with Gasteiger partial charge in [-0.25, -0.2) is 0 Å². The van der Waals surface area contributed by atoms with Crippen molar-refractivity contribution < 1.29 is 5.11 Å². The molecule has 1 saturated heterocycles. The predicted molar refractivity (Wildman–Crippen MR) is 69.6 cm³/mol. The van der Waals surface area contributed by atoms with Crippen LogP contribution in [-0.2, 0) is 0 Å². The third-order valence-electron chi connectivity index (χ3n) is 4.30. The molecule has 16 heavy (non-hydrogen) atoms. The van der Waals surface area contributed by atoms with E-state index in [1.165, 1.54) is 58.2 Å². The van der Waals surface area contributed by atoms with Crippen LogP contribution in [0.2, 0.25) is 0 Å². The Morgan fingerprint density at radius 3 is 2.25 bits per heavy atom. The SMILES string of the molecule is CCC1(C)CCN(CCCCCCO)CC1. The molecule has 96 valence electrons. The van der Waals surface area contributed by atoms with Crippen LogP contribution in [0.1, 0.15) is 58.8 Å². The van der Waals surface area contributed by atoms with E-state index in [2.05, 4.69) is 18.7 Å². The summed E-state index contributed by atoms with van der Waals surface area (Å²) in [5.41, 5.74) is 0.618. The number of aliphatic hydroxyl groups excluding tert-OH is 1. The molecule has 0 aromatic carbocycles. The van der Waals surface area contributed by atoms with E-state index in [0.717, 1.165) is 6.42 Å². The summed E-state index contributed by atoms with van der Waals surface area (Å²) >= 11 is 0. The molecule has 1 N–H and O–H groups in total. The van der Waals surface area contributed by atoms with Crippen LogP contribution in [0.15, 0.2) is 0 Å². The second kappa shape index (κ2) is 7.29. The van der Waals surface area contributed by atoms with Crippen LogP contribution in [0.25, 0.3) is 0 Å². The Balaban J connectivity index is 2.04. The zero-order chi connectivity index (χ0) is 11.9. The van der Waals surface area contributed by atoms with Crippen molar-refractivity contribution in [2.75, 3.05) is 26.2 Å². The Bertz CT molecular complexity index is 174. The van der Waals surface area contributed by atoms with Gasteiger partial charge >= 0.3 is 0 Å². The number of rotatable bonds is 7. The number of hydrogen-bond donors (Lipinski definition) is 1. The maximum absolute atomic E-state index is 8.69. The Morgan fingerprint density at radius 2 is 1.69 bits per heavy atom. The van der Waals surface area contributed by atoms with Gasteiger partial charge in [0.15, 0.2) is 0 Å². The van der Waals surface area contributed by atoms with Crippen molar-refractivity contribution in [2.45, 2.75) is 58.8 Å². The molecule has 0 bridgehead atoms. The van der Waals surface area contributed by atoms with Gasteiger partial charge in [0.2, 0.25) is 0 Å². The molecule has 2 heteroatoms. The number of unbranched alkanes of at least 4 members (excludes halogenated alkanes) is 3. The third kappa shape index (κ3) is 4.84. The topological polar surface area (TPSA) is 23.5 Å². The number of hydrogen-bond acceptors (Lipinski definition) is 2. The molecule has 1 aliphatic rings. The van der Waals surface area contributed by atoms with E-state index in [1.807, 2.05) is 0 Å². The van der Waals surface area contributed by atoms with Gasteiger partial charge in [-0.2, -0.15) is 0 Å². The van der Waals surface area contributed by atoms with Crippen LogP contribution >= 0.6 is 0 Å². The van der Waals surface area contributed by atoms with Crippen LogP contribution < -0.4 is 0 Å². The first kappa shape index (κ1) is 14.0. The van der Waals surface area contributed by atoms with E-state index in [-0.39, 0.29) is 0 Å². The highest BCUT2D eigenvalue weighted by Gasteiger charge is 2.27. The van der Waals surface area contributed by atoms with Crippen LogP contribution in [0.3, 0.4) is 0 Å². The maximum Gasteiger partial charge on any atom is 0.0431 e. The summed E-state index contributed by atoms with van der Waals surface area (Å²) in [5.74, 6) is 0. The second-order valence-corrected chi connectivity index (χ2v) is 5.64. The molecule has 2 nitrogen and oxygen atoms in total. The number of nitrogens with zero attached hydrogens (tertiary/aromatic N) is 1. The Kier molecular flexibility index (Phi) is 6.37. The van der Waals surface area contributed by atoms with Gasteiger partial charge in [0.1, 0.15) is 0 Å². The lowest BCUT2D eigenvalue weighted by Crippen LogP contribution is -2.38. The zero-order valence-electron chi connectivity index (χ0n) is 11.2. The summed E-state index contributed by atoms with van der Waals surface area (Å²) in [7, 11) is 0. The first-order valence-corrected chi connectivity index (χ1v) is 7.03. The molecule has 1 heterocycles. The smallest absolute Gasteiger partial charge is 0.0431 e. The zero-order valence-corrected chi connectivity index (χ0v) is 11.2. The summed E-state index contributed by atoms with van der Waals surface area (Å²) in [6, 6.07) is 0. The minimum Gasteiger partial charge on any atom is -0.396 e. The standard InChI is InChI=1S/C14H29NO/c1-3-14(2)8-11-15(12-9-14)10-6-4-5-7-13-16/h16H,3-13H2,1-2H3. The van der Waals surface area contributed by atoms with E-state index >= 15 is 0 Å². The van der Waals surface area contributed by atoms with Gasteiger partial charge in [-0.3, -0.25) is 0 Å². The largest absolute Gasteiger partial charge is 0.396 e. The Hall–Kier alpha value is -0.0800. The average Bonchev–Trinajstić information content (AvgIpc) is 2.31. The Morgan fingerprint density at radius 1 is 1.06 bits per heavy atom. The first-order valence-electron chi connectivity index (χ1n) is 7.03. The Labute approximate surface area is 101 Å². The summed E-state index contributed by atoms with van der Waals surface area (Å²) in [6.07, 6.45) is 8.84. The van der Waals surface area contributed by atoms with Crippen molar-refractivity contribution in [2.24, 2.45) is 5.41 Å². The molecule has 0 saturated carbocycles. The third-order valence-corrected chi connectivity index (χ3v) is 4.30. The first-order chi connectivity index (χ1) is 7.70. The van der Waals surface area contributed by atoms with Crippen LogP contribution in [0, 0.1) is 5.41 Å². The number of aliphatic hydroxyl groups is 1. The van der Waals surface area contributed by atoms with Crippen LogP contribution in [0.4, 0.5) is 0 Å². The van der Waals surface area contributed by atoms with Crippen molar-refractivity contribution >= 4 is 0 Å². The normalized spacial score (nSPS) is 21.2. The van der Waals surface area contributed by atoms with E-state index in [0.29, 0.717) is 12.0 Å². The van der Waals surface area contributed by atoms with Crippen LogP contribution in [-0.4, -0.2) is 36.2 Å². The summed E-state index contributed by atoms with van der Waals surface area (Å²) in [5, 5.41) is 8.69. The van der Waals surface area contributed by atoms with Crippen molar-refractivity contribution in [1.29, 1.82) is 0 Å². The van der Waals surface area contributed by atoms with Crippen molar-refractivity contribution in [3.8, 4) is 0 Å². The van der Waals surface area contributed by atoms with E-state index < -0.39 is 0 Å². The van der Waals surface area contributed by atoms with Gasteiger partial charge in [0, 0.05) is 6.61 Å². The molecule has 0 amide bonds. The molecule has 0 aliphatic carbocycles. The fraction of sp³-hybridized carbons (Fsp3) is 1.00. The minimum atomic E-state index is 0.360. The highest BCUT2D eigenvalue weighted by Crippen LogP contribution is 2.33. The van der Waals surface area contributed by atoms with E-state index in [4.69, 9.17) is 5.11 Å². The van der Waals surface area contributed by atoms with Gasteiger partial charge in [0.25, 0.3) is 0 Å². The summed E-state index contributed by atoms with van der Waals surface area (Å²) < 4.78 is 0. The lowest BCUT2D eigenvalue weighted by Gasteiger charge is -2.39. The molecule has 1 rings (SSSR count). The lowest BCUT2D eigenvalue weighted by molar-refractivity contribution is 0.113. The summed E-state index contributed by atoms with van der Waals surface area (Å²) in [4.78, 5) is 2.62. The molecule has 0 aromatic heterocycles. The predicted octanol–water partition coefficient (Wildman–Crippen LogP) is 3.05. The molecule has 0 spiro atoms. The van der Waals surface area contributed by atoms with Crippen molar-refractivity contribution in [3.63, 3.8) is 0 Å². The molecule has 0 aromatic rings. The van der Waals surface area contributed by atoms with Gasteiger partial charge in [-0.05, 0) is 50.7 Å². The highest BCUT2D eigenvalue weighted by molar-refractivity contribution is 4.81. The molecule has 1 fully saturated rings. The van der Waals surface area contributed by atoms with Crippen molar-refractivity contribution in [1.82, 2.24) is 4.90 Å². The van der Waals surface area contributed by atoms with Gasteiger partial charge in [0.05, 0.1) is 0 Å². The van der Waals surface area contributed by atoms with Crippen LogP contribution in [0.5, 0.6) is 0 Å². The van der Waals surface area contributed by atoms with Gasteiger partial charge in [-0.1, -0.05) is 33.1 Å². The molecule has 0 atom stereocenters. The average molecular weight is 227 g/mol. The summed E-state index contributed by atoms with van der Waals surface area (Å²) in [6.45, 7) is 8.98. The second-order valence-electron chi connectivity index (χ2n) is 5.64. The maximum atomic E-state index is 8.69. The fourth-order valence-electron chi connectivity index (χ4n) is 2.47. The number of piperidine rings is 1. The molecule has 0 unspecified atom stereocenters. The minimum absolute atomic E-state index is 0.360. The fourth-order valence-corrected chi connectivity index (χ4v) is 2.47. The lowest BCUT2D eigenvalue weighted by atomic mass is 9.78. The molecule has 0 radical (unpaired) electrons. The number of likely N-dealkylation sites (tertiary alicyclic amines) is 1. The quantitative estimate of drug-likeness (QED) is 0.676. The van der Waals surface area contributed by atoms with E-state index in [1.54, 1.807) is 0 Å². The molecule has 1 aliphatic heterocycles. The molecular formula is C14H29NO. The monoisotopic (exact) mass is 227 g/mol. The van der Waals surface area contributed by atoms with E-state index in [9.17, 15) is 0 Å². The van der Waals surface area contributed by atoms with Crippen molar-refractivity contribution in [3.05, 3.63) is 0 Å². The van der Waals surface area contributed by atoms with Gasteiger partial charge in [-0.15, -0.1) is 0 Å².